The van der Waals surface area contributed by atoms with Crippen LogP contribution in [0.1, 0.15) is 31.2 Å². The summed E-state index contributed by atoms with van der Waals surface area (Å²) in [5.41, 5.74) is 1.17. The first-order valence-corrected chi connectivity index (χ1v) is 8.83. The number of nitrogens with zero attached hydrogens (tertiary/aromatic N) is 2. The van der Waals surface area contributed by atoms with E-state index >= 15 is 0 Å². The summed E-state index contributed by atoms with van der Waals surface area (Å²) in [5.74, 6) is 0.810. The zero-order valence-corrected chi connectivity index (χ0v) is 14.7. The smallest absolute Gasteiger partial charge is 0.137 e. The van der Waals surface area contributed by atoms with Crippen LogP contribution in [0.15, 0.2) is 18.2 Å². The molecule has 1 aliphatic heterocycles. The molecule has 22 heavy (non-hydrogen) atoms. The molecule has 0 bridgehead atoms. The van der Waals surface area contributed by atoms with Gasteiger partial charge >= 0.3 is 0 Å². The highest BCUT2D eigenvalue weighted by molar-refractivity contribution is 6.32. The van der Waals surface area contributed by atoms with Crippen LogP contribution in [-0.4, -0.2) is 56.2 Å². The summed E-state index contributed by atoms with van der Waals surface area (Å²) in [5, 5.41) is 0.718. The lowest BCUT2D eigenvalue weighted by molar-refractivity contribution is 0.151. The molecule has 1 fully saturated rings. The highest BCUT2D eigenvalue weighted by atomic mass is 35.5. The van der Waals surface area contributed by atoms with Gasteiger partial charge in [0.05, 0.1) is 11.6 Å². The van der Waals surface area contributed by atoms with Crippen LogP contribution in [-0.2, 0) is 0 Å². The lowest BCUT2D eigenvalue weighted by atomic mass is 10.2. The molecular weight excluding hydrogens is 296 g/mol. The van der Waals surface area contributed by atoms with E-state index in [1.807, 2.05) is 25.1 Å². The molecule has 0 radical (unpaired) electrons. The van der Waals surface area contributed by atoms with Gasteiger partial charge in [-0.3, -0.25) is 0 Å². The van der Waals surface area contributed by atoms with Crippen LogP contribution < -0.4 is 4.74 Å². The fraction of sp³-hybridized carbons (Fsp3) is 0.667. The fourth-order valence-corrected chi connectivity index (χ4v) is 3.06. The van der Waals surface area contributed by atoms with Gasteiger partial charge in [-0.2, -0.15) is 0 Å². The van der Waals surface area contributed by atoms with Crippen molar-refractivity contribution < 1.29 is 4.74 Å². The van der Waals surface area contributed by atoms with E-state index in [2.05, 4.69) is 16.8 Å². The van der Waals surface area contributed by atoms with Crippen LogP contribution in [0.4, 0.5) is 0 Å². The first-order valence-electron chi connectivity index (χ1n) is 8.45. The van der Waals surface area contributed by atoms with Gasteiger partial charge in [-0.1, -0.05) is 30.5 Å². The number of hydrogen-bond acceptors (Lipinski definition) is 3. The Labute approximate surface area is 140 Å². The first-order chi connectivity index (χ1) is 10.6. The van der Waals surface area contributed by atoms with Gasteiger partial charge in [0.25, 0.3) is 0 Å². The highest BCUT2D eigenvalue weighted by Crippen LogP contribution is 2.25. The van der Waals surface area contributed by atoms with Gasteiger partial charge < -0.3 is 14.5 Å². The molecule has 0 aromatic heterocycles. The zero-order valence-electron chi connectivity index (χ0n) is 14.0. The lowest BCUT2D eigenvalue weighted by Gasteiger charge is -2.32. The summed E-state index contributed by atoms with van der Waals surface area (Å²) in [6, 6.07) is 5.95. The van der Waals surface area contributed by atoms with Crippen LogP contribution >= 0.6 is 11.6 Å². The van der Waals surface area contributed by atoms with E-state index in [1.165, 1.54) is 57.5 Å². The van der Waals surface area contributed by atoms with Gasteiger partial charge in [0.1, 0.15) is 5.75 Å². The van der Waals surface area contributed by atoms with E-state index in [-0.39, 0.29) is 0 Å². The normalized spacial score (nSPS) is 16.9. The molecule has 0 N–H and O–H groups in total. The maximum atomic E-state index is 6.15. The summed E-state index contributed by atoms with van der Waals surface area (Å²) in [6.07, 6.45) is 4.93. The van der Waals surface area contributed by atoms with Crippen molar-refractivity contribution in [2.24, 2.45) is 0 Å². The molecule has 124 valence electrons. The summed E-state index contributed by atoms with van der Waals surface area (Å²) >= 11 is 6.15. The number of aryl methyl sites for hydroxylation is 1. The second-order valence-electron chi connectivity index (χ2n) is 6.34. The van der Waals surface area contributed by atoms with E-state index < -0.39 is 0 Å². The Balaban J connectivity index is 1.49. The largest absolute Gasteiger partial charge is 0.492 e. The van der Waals surface area contributed by atoms with E-state index in [4.69, 9.17) is 16.3 Å². The topological polar surface area (TPSA) is 15.7 Å². The van der Waals surface area contributed by atoms with Gasteiger partial charge in [-0.25, -0.2) is 0 Å². The maximum Gasteiger partial charge on any atom is 0.137 e. The van der Waals surface area contributed by atoms with E-state index in [0.717, 1.165) is 23.8 Å². The van der Waals surface area contributed by atoms with Crippen LogP contribution in [0.25, 0.3) is 0 Å². The Morgan fingerprint density at radius 1 is 1.05 bits per heavy atom. The predicted molar refractivity (Wildman–Crippen MR) is 94.1 cm³/mol. The molecule has 0 saturated carbocycles. The standard InChI is InChI=1S/C18H29ClN2O/c1-16-7-8-18(17(19)15-16)22-14-6-4-3-5-9-21-12-10-20(2)11-13-21/h7-8,15H,3-6,9-14H2,1-2H3. The molecule has 1 aliphatic rings. The number of ether oxygens (including phenoxy) is 1. The molecule has 3 nitrogen and oxygen atoms in total. The Kier molecular flexibility index (Phi) is 7.50. The molecule has 1 heterocycles. The summed E-state index contributed by atoms with van der Waals surface area (Å²) in [4.78, 5) is 4.99. The maximum absolute atomic E-state index is 6.15. The van der Waals surface area contributed by atoms with Crippen molar-refractivity contribution in [2.45, 2.75) is 32.6 Å². The van der Waals surface area contributed by atoms with E-state index in [9.17, 15) is 0 Å². The van der Waals surface area contributed by atoms with E-state index in [1.54, 1.807) is 0 Å². The minimum atomic E-state index is 0.718. The number of halogens is 1. The van der Waals surface area contributed by atoms with Gasteiger partial charge in [-0.15, -0.1) is 0 Å². The molecule has 0 amide bonds. The van der Waals surface area contributed by atoms with Crippen LogP contribution in [0.5, 0.6) is 5.75 Å². The molecule has 2 rings (SSSR count). The number of rotatable bonds is 8. The van der Waals surface area contributed by atoms with Crippen molar-refractivity contribution in [3.8, 4) is 5.75 Å². The average Bonchev–Trinajstić information content (AvgIpc) is 2.50. The molecule has 1 saturated heterocycles. The summed E-state index contributed by atoms with van der Waals surface area (Å²) < 4.78 is 5.75. The Hall–Kier alpha value is -0.770. The van der Waals surface area contributed by atoms with Gasteiger partial charge in [0.2, 0.25) is 0 Å². The molecule has 0 atom stereocenters. The SMILES string of the molecule is Cc1ccc(OCCCCCCN2CCN(C)CC2)c(Cl)c1. The van der Waals surface area contributed by atoms with Crippen LogP contribution in [0.3, 0.4) is 0 Å². The van der Waals surface area contributed by atoms with Crippen molar-refractivity contribution in [2.75, 3.05) is 46.4 Å². The van der Waals surface area contributed by atoms with Crippen LogP contribution in [0.2, 0.25) is 5.02 Å². The monoisotopic (exact) mass is 324 g/mol. The third kappa shape index (κ3) is 6.15. The Morgan fingerprint density at radius 2 is 1.77 bits per heavy atom. The minimum absolute atomic E-state index is 0.718. The highest BCUT2D eigenvalue weighted by Gasteiger charge is 2.12. The number of likely N-dealkylation sites (N-methyl/N-ethyl adjacent to an activating group) is 1. The first kappa shape index (κ1) is 17.6. The molecule has 0 unspecified atom stereocenters. The zero-order chi connectivity index (χ0) is 15.8. The molecule has 1 aromatic carbocycles. The quantitative estimate of drug-likeness (QED) is 0.676. The van der Waals surface area contributed by atoms with Crippen molar-refractivity contribution in [3.63, 3.8) is 0 Å². The van der Waals surface area contributed by atoms with Gasteiger partial charge in [0.15, 0.2) is 0 Å². The predicted octanol–water partition coefficient (Wildman–Crippen LogP) is 3.84. The second kappa shape index (κ2) is 9.39. The van der Waals surface area contributed by atoms with Gasteiger partial charge in [0, 0.05) is 26.2 Å². The fourth-order valence-electron chi connectivity index (χ4n) is 2.77. The molecular formula is C18H29ClN2O. The van der Waals surface area contributed by atoms with Crippen molar-refractivity contribution in [3.05, 3.63) is 28.8 Å². The molecule has 0 aliphatic carbocycles. The Morgan fingerprint density at radius 3 is 2.50 bits per heavy atom. The lowest BCUT2D eigenvalue weighted by Crippen LogP contribution is -2.44. The number of unbranched alkanes of at least 4 members (excludes halogenated alkanes) is 3. The van der Waals surface area contributed by atoms with E-state index in [0.29, 0.717) is 0 Å². The summed E-state index contributed by atoms with van der Waals surface area (Å²) in [7, 11) is 2.21. The van der Waals surface area contributed by atoms with Crippen molar-refractivity contribution in [1.82, 2.24) is 9.80 Å². The third-order valence-corrected chi connectivity index (χ3v) is 4.60. The summed E-state index contributed by atoms with van der Waals surface area (Å²) in [6.45, 7) is 8.93. The molecule has 0 spiro atoms. The second-order valence-corrected chi connectivity index (χ2v) is 6.75. The molecule has 1 aromatic rings. The molecule has 4 heteroatoms. The average molecular weight is 325 g/mol. The minimum Gasteiger partial charge on any atom is -0.492 e. The number of hydrogen-bond donors (Lipinski definition) is 0. The van der Waals surface area contributed by atoms with Gasteiger partial charge in [-0.05, 0) is 51.1 Å². The van der Waals surface area contributed by atoms with Crippen LogP contribution in [0, 0.1) is 6.92 Å². The van der Waals surface area contributed by atoms with Crippen molar-refractivity contribution >= 4 is 11.6 Å². The third-order valence-electron chi connectivity index (χ3n) is 4.31. The number of benzene rings is 1. The Bertz CT molecular complexity index is 445. The number of piperazine rings is 1. The van der Waals surface area contributed by atoms with Crippen molar-refractivity contribution in [1.29, 1.82) is 0 Å².